The van der Waals surface area contributed by atoms with Gasteiger partial charge in [-0.3, -0.25) is 4.79 Å². The molecular weight excluding hydrogens is 551 g/mol. The van der Waals surface area contributed by atoms with E-state index in [0.717, 1.165) is 36.3 Å². The molecule has 1 fully saturated rings. The highest BCUT2D eigenvalue weighted by Crippen LogP contribution is 2.46. The van der Waals surface area contributed by atoms with Crippen molar-refractivity contribution >= 4 is 33.8 Å². The molecule has 0 radical (unpaired) electrons. The number of benzene rings is 2. The van der Waals surface area contributed by atoms with E-state index < -0.39 is 23.6 Å². The summed E-state index contributed by atoms with van der Waals surface area (Å²) in [7, 11) is 0. The van der Waals surface area contributed by atoms with Crippen LogP contribution in [0, 0.1) is 6.92 Å². The Morgan fingerprint density at radius 3 is 2.70 bits per heavy atom. The highest BCUT2D eigenvalue weighted by atomic mass is 32.1. The van der Waals surface area contributed by atoms with Gasteiger partial charge in [-0.15, -0.1) is 24.5 Å². The number of aryl methyl sites for hydroxylation is 1. The topological polar surface area (TPSA) is 102 Å². The van der Waals surface area contributed by atoms with Crippen LogP contribution in [0.25, 0.3) is 0 Å². The molecule has 3 aromatic rings. The number of aromatic nitrogens is 1. The number of thiazole rings is 1. The highest BCUT2D eigenvalue weighted by molar-refractivity contribution is 7.15. The van der Waals surface area contributed by atoms with Crippen LogP contribution in [0.1, 0.15) is 34.5 Å². The first kappa shape index (κ1) is 28.1. The summed E-state index contributed by atoms with van der Waals surface area (Å²) in [5.41, 5.74) is -0.0496. The molecule has 2 aliphatic rings. The van der Waals surface area contributed by atoms with Gasteiger partial charge in [0, 0.05) is 23.4 Å². The van der Waals surface area contributed by atoms with E-state index in [-0.39, 0.29) is 43.1 Å². The summed E-state index contributed by atoms with van der Waals surface area (Å²) in [6, 6.07) is 9.87. The predicted molar refractivity (Wildman–Crippen MR) is 141 cm³/mol. The van der Waals surface area contributed by atoms with Crippen molar-refractivity contribution in [3.63, 3.8) is 0 Å². The van der Waals surface area contributed by atoms with Gasteiger partial charge in [0.2, 0.25) is 0 Å². The largest absolute Gasteiger partial charge is 0.573 e. The lowest BCUT2D eigenvalue weighted by Gasteiger charge is -2.46. The first-order valence-corrected chi connectivity index (χ1v) is 13.5. The number of carbonyl (C=O) groups excluding carboxylic acids is 1. The Bertz CT molecular complexity index is 1330. The summed E-state index contributed by atoms with van der Waals surface area (Å²) in [5, 5.41) is 14.0. The number of para-hydroxylation sites is 1. The van der Waals surface area contributed by atoms with Crippen molar-refractivity contribution in [3.05, 3.63) is 59.1 Å². The minimum atomic E-state index is -4.81. The summed E-state index contributed by atoms with van der Waals surface area (Å²) in [6.07, 6.45) is -0.757. The van der Waals surface area contributed by atoms with Crippen molar-refractivity contribution in [1.82, 2.24) is 4.98 Å². The molecule has 2 atom stereocenters. The van der Waals surface area contributed by atoms with Crippen molar-refractivity contribution in [2.24, 2.45) is 0 Å². The number of hydrogen-bond donors (Lipinski definition) is 2. The van der Waals surface area contributed by atoms with E-state index in [0.29, 0.717) is 17.4 Å². The van der Waals surface area contributed by atoms with E-state index in [2.05, 4.69) is 15.0 Å². The van der Waals surface area contributed by atoms with Crippen LogP contribution in [0.5, 0.6) is 11.5 Å². The maximum absolute atomic E-state index is 13.3. The molecule has 1 amide bonds. The van der Waals surface area contributed by atoms with Crippen LogP contribution in [0.15, 0.2) is 48.7 Å². The number of halogens is 3. The van der Waals surface area contributed by atoms with Crippen molar-refractivity contribution in [2.45, 2.75) is 44.4 Å². The highest BCUT2D eigenvalue weighted by Gasteiger charge is 2.46. The van der Waals surface area contributed by atoms with Crippen LogP contribution in [0.3, 0.4) is 0 Å². The van der Waals surface area contributed by atoms with Crippen LogP contribution in [0.4, 0.5) is 29.7 Å². The predicted octanol–water partition coefficient (Wildman–Crippen LogP) is 5.41. The van der Waals surface area contributed by atoms with Gasteiger partial charge in [-0.2, -0.15) is 0 Å². The number of alkyl halides is 3. The second-order valence-electron chi connectivity index (χ2n) is 9.55. The Hall–Kier alpha value is -3.39. The third-order valence-corrected chi connectivity index (χ3v) is 7.45. The number of rotatable bonds is 8. The molecule has 13 heteroatoms. The molecule has 2 aromatic carbocycles. The smallest absolute Gasteiger partial charge is 0.488 e. The number of aliphatic hydroxyl groups is 1. The standard InChI is InChI=1S/C27H28F3N3O6S/c1-17-13-31-25(40-17)33-21-6-4-5-20(24(35)32-18-8-10-19(11-9-18)39-27(28,29)30)23(21)38-16-26(33,14-34)15-37-22-7-2-3-12-36-22/h4-6,8-11,13,22,34H,2-3,7,12,14-16H2,1H3,(H,32,35)/t22?,26-/m1/s1. The normalized spacial score (nSPS) is 20.9. The molecular formula is C27H28F3N3O6S. The molecule has 40 heavy (non-hydrogen) atoms. The van der Waals surface area contributed by atoms with Crippen LogP contribution >= 0.6 is 11.3 Å². The lowest BCUT2D eigenvalue weighted by atomic mass is 9.96. The monoisotopic (exact) mass is 579 g/mol. The van der Waals surface area contributed by atoms with Gasteiger partial charge in [-0.1, -0.05) is 6.07 Å². The van der Waals surface area contributed by atoms with Gasteiger partial charge in [0.05, 0.1) is 24.5 Å². The summed E-state index contributed by atoms with van der Waals surface area (Å²) in [5.74, 6) is -0.649. The third kappa shape index (κ3) is 6.17. The van der Waals surface area contributed by atoms with Crippen LogP contribution in [-0.2, 0) is 9.47 Å². The van der Waals surface area contributed by atoms with Gasteiger partial charge in [-0.25, -0.2) is 4.98 Å². The van der Waals surface area contributed by atoms with Gasteiger partial charge >= 0.3 is 6.36 Å². The van der Waals surface area contributed by atoms with Crippen LogP contribution in [-0.4, -0.2) is 60.6 Å². The Labute approximate surface area is 232 Å². The zero-order valence-electron chi connectivity index (χ0n) is 21.6. The molecule has 0 aliphatic carbocycles. The number of amides is 1. The molecule has 1 aromatic heterocycles. The average Bonchev–Trinajstić information content (AvgIpc) is 3.37. The SMILES string of the molecule is Cc1cnc(N2c3cccc(C(=O)Nc4ccc(OC(F)(F)F)cc4)c3OC[C@@]2(CO)COC2CCCCO2)s1. The number of aliphatic hydroxyl groups excluding tert-OH is 1. The van der Waals surface area contributed by atoms with Gasteiger partial charge < -0.3 is 34.3 Å². The van der Waals surface area contributed by atoms with Crippen LogP contribution < -0.4 is 19.7 Å². The maximum atomic E-state index is 13.3. The second kappa shape index (κ2) is 11.6. The average molecular weight is 580 g/mol. The minimum absolute atomic E-state index is 0.00435. The Morgan fingerprint density at radius 2 is 2.05 bits per heavy atom. The van der Waals surface area contributed by atoms with E-state index in [1.54, 1.807) is 24.4 Å². The number of carbonyl (C=O) groups is 1. The third-order valence-electron chi connectivity index (χ3n) is 6.56. The molecule has 5 rings (SSSR count). The molecule has 2 aliphatic heterocycles. The fourth-order valence-corrected chi connectivity index (χ4v) is 5.49. The summed E-state index contributed by atoms with van der Waals surface area (Å²) in [6.45, 7) is 2.30. The first-order valence-electron chi connectivity index (χ1n) is 12.7. The number of fused-ring (bicyclic) bond motifs is 1. The van der Waals surface area contributed by atoms with E-state index in [1.807, 2.05) is 11.8 Å². The molecule has 214 valence electrons. The zero-order chi connectivity index (χ0) is 28.3. The lowest BCUT2D eigenvalue weighted by Crippen LogP contribution is -2.60. The molecule has 1 saturated heterocycles. The van der Waals surface area contributed by atoms with Gasteiger partial charge in [0.15, 0.2) is 17.2 Å². The van der Waals surface area contributed by atoms with E-state index in [4.69, 9.17) is 14.2 Å². The summed E-state index contributed by atoms with van der Waals surface area (Å²) >= 11 is 1.43. The number of nitrogens with one attached hydrogen (secondary N) is 1. The fourth-order valence-electron chi connectivity index (χ4n) is 4.61. The molecule has 3 heterocycles. The maximum Gasteiger partial charge on any atom is 0.573 e. The minimum Gasteiger partial charge on any atom is -0.488 e. The Kier molecular flexibility index (Phi) is 8.17. The number of nitrogens with zero attached hydrogens (tertiary/aromatic N) is 2. The molecule has 0 saturated carbocycles. The van der Waals surface area contributed by atoms with Crippen LogP contribution in [0.2, 0.25) is 0 Å². The Morgan fingerprint density at radius 1 is 1.25 bits per heavy atom. The fraction of sp³-hybridized carbons (Fsp3) is 0.407. The molecule has 0 spiro atoms. The molecule has 9 nitrogen and oxygen atoms in total. The van der Waals surface area contributed by atoms with Crippen molar-refractivity contribution < 1.29 is 42.0 Å². The van der Waals surface area contributed by atoms with Crippen molar-refractivity contribution in [3.8, 4) is 11.5 Å². The number of anilines is 3. The number of hydrogen-bond acceptors (Lipinski definition) is 9. The van der Waals surface area contributed by atoms with Gasteiger partial charge in [0.1, 0.15) is 17.9 Å². The van der Waals surface area contributed by atoms with E-state index in [9.17, 15) is 23.1 Å². The first-order chi connectivity index (χ1) is 19.2. The van der Waals surface area contributed by atoms with Crippen molar-refractivity contribution in [1.29, 1.82) is 0 Å². The quantitative estimate of drug-likeness (QED) is 0.366. The van der Waals surface area contributed by atoms with Gasteiger partial charge in [-0.05, 0) is 62.6 Å². The lowest BCUT2D eigenvalue weighted by molar-refractivity contribution is -0.274. The summed E-state index contributed by atoms with van der Waals surface area (Å²) in [4.78, 5) is 20.6. The van der Waals surface area contributed by atoms with Crippen molar-refractivity contribution in [2.75, 3.05) is 36.6 Å². The van der Waals surface area contributed by atoms with E-state index >= 15 is 0 Å². The van der Waals surface area contributed by atoms with E-state index in [1.165, 1.54) is 23.5 Å². The van der Waals surface area contributed by atoms with Gasteiger partial charge in [0.25, 0.3) is 5.91 Å². The summed E-state index contributed by atoms with van der Waals surface area (Å²) < 4.78 is 59.3. The molecule has 2 N–H and O–H groups in total. The zero-order valence-corrected chi connectivity index (χ0v) is 22.4. The second-order valence-corrected chi connectivity index (χ2v) is 10.8. The molecule has 1 unspecified atom stereocenters. The number of ether oxygens (including phenoxy) is 4. The Balaban J connectivity index is 1.43. The molecule has 0 bridgehead atoms.